The Morgan fingerprint density at radius 2 is 2.21 bits per heavy atom. The molecule has 19 heavy (non-hydrogen) atoms. The zero-order chi connectivity index (χ0) is 14.0. The molecule has 2 rings (SSSR count). The van der Waals surface area contributed by atoms with E-state index in [1.807, 2.05) is 6.92 Å². The molecule has 1 aromatic carbocycles. The van der Waals surface area contributed by atoms with Gasteiger partial charge in [-0.2, -0.15) is 0 Å². The highest BCUT2D eigenvalue weighted by Crippen LogP contribution is 2.12. The molecule has 1 heterocycles. The van der Waals surface area contributed by atoms with E-state index in [0.717, 1.165) is 12.7 Å². The highest BCUT2D eigenvalue weighted by Gasteiger charge is 2.22. The lowest BCUT2D eigenvalue weighted by atomic mass is 10.2. The molecule has 0 aliphatic rings. The Morgan fingerprint density at radius 1 is 1.47 bits per heavy atom. The summed E-state index contributed by atoms with van der Waals surface area (Å²) in [5, 5.41) is 11.5. The van der Waals surface area contributed by atoms with Crippen LogP contribution in [-0.2, 0) is 9.53 Å². The normalized spacial score (nSPS) is 11.6. The van der Waals surface area contributed by atoms with Crippen molar-refractivity contribution in [1.29, 1.82) is 0 Å². The molecular formula is C12H10N2O5. The Bertz CT molecular complexity index is 732. The number of nitrogens with zero attached hydrogens (tertiary/aromatic N) is 2. The molecule has 0 bridgehead atoms. The molecular weight excluding hydrogens is 252 g/mol. The van der Waals surface area contributed by atoms with Crippen LogP contribution >= 0.6 is 0 Å². The first-order valence-corrected chi connectivity index (χ1v) is 5.29. The number of aryl methyl sites for hydroxylation is 1. The minimum absolute atomic E-state index is 0.288. The van der Waals surface area contributed by atoms with Gasteiger partial charge in [0.1, 0.15) is 5.52 Å². The van der Waals surface area contributed by atoms with Gasteiger partial charge in [0, 0.05) is 0 Å². The van der Waals surface area contributed by atoms with Crippen molar-refractivity contribution in [2.24, 2.45) is 5.16 Å². The van der Waals surface area contributed by atoms with Crippen molar-refractivity contribution < 1.29 is 19.2 Å². The summed E-state index contributed by atoms with van der Waals surface area (Å²) in [5.41, 5.74) is -0.323. The van der Waals surface area contributed by atoms with E-state index < -0.39 is 23.0 Å². The summed E-state index contributed by atoms with van der Waals surface area (Å²) >= 11 is 0. The molecule has 0 aliphatic carbocycles. The zero-order valence-electron chi connectivity index (χ0n) is 10.2. The Morgan fingerprint density at radius 3 is 2.84 bits per heavy atom. The molecule has 0 fully saturated rings. The minimum Gasteiger partial charge on any atom is -0.464 e. The molecule has 2 aromatic rings. The van der Waals surface area contributed by atoms with Gasteiger partial charge in [0.25, 0.3) is 0 Å². The predicted octanol–water partition coefficient (Wildman–Crippen LogP) is 0.848. The minimum atomic E-state index is -0.978. The number of carbonyl (C=O) groups is 1. The number of ether oxygens (including phenoxy) is 1. The second-order valence-electron chi connectivity index (χ2n) is 3.76. The van der Waals surface area contributed by atoms with Crippen molar-refractivity contribution in [2.75, 3.05) is 7.11 Å². The number of aromatic nitrogens is 1. The Hall–Kier alpha value is -2.70. The van der Waals surface area contributed by atoms with E-state index in [1.165, 1.54) is 0 Å². The van der Waals surface area contributed by atoms with Gasteiger partial charge in [-0.1, -0.05) is 11.2 Å². The van der Waals surface area contributed by atoms with E-state index in [1.54, 1.807) is 18.2 Å². The molecule has 7 nitrogen and oxygen atoms in total. The molecule has 0 unspecified atom stereocenters. The predicted molar refractivity (Wildman–Crippen MR) is 65.4 cm³/mol. The molecule has 0 atom stereocenters. The van der Waals surface area contributed by atoms with Crippen molar-refractivity contribution in [3.63, 3.8) is 0 Å². The Balaban J connectivity index is 2.68. The second kappa shape index (κ2) is 4.89. The van der Waals surface area contributed by atoms with Crippen LogP contribution in [0.2, 0.25) is 0 Å². The van der Waals surface area contributed by atoms with Gasteiger partial charge in [0.05, 0.1) is 7.11 Å². The van der Waals surface area contributed by atoms with Gasteiger partial charge in [-0.05, 0) is 24.6 Å². The fraction of sp³-hybridized carbons (Fsp3) is 0.167. The summed E-state index contributed by atoms with van der Waals surface area (Å²) in [6.07, 6.45) is 0. The topological polar surface area (TPSA) is 102 Å². The van der Waals surface area contributed by atoms with Crippen LogP contribution in [0.3, 0.4) is 0 Å². The summed E-state index contributed by atoms with van der Waals surface area (Å²) in [7, 11) is 1.10. The first kappa shape index (κ1) is 12.7. The molecule has 1 N–H and O–H groups in total. The third-order valence-corrected chi connectivity index (χ3v) is 2.45. The lowest BCUT2D eigenvalue weighted by Gasteiger charge is -2.02. The fourth-order valence-corrected chi connectivity index (χ4v) is 1.54. The van der Waals surface area contributed by atoms with Crippen LogP contribution in [0.1, 0.15) is 11.3 Å². The molecule has 0 amide bonds. The van der Waals surface area contributed by atoms with Crippen LogP contribution in [-0.4, -0.2) is 29.0 Å². The summed E-state index contributed by atoms with van der Waals surface area (Å²) in [4.78, 5) is 27.0. The summed E-state index contributed by atoms with van der Waals surface area (Å²) in [5.74, 6) is -0.978. The maximum atomic E-state index is 11.7. The lowest BCUT2D eigenvalue weighted by molar-refractivity contribution is -0.132. The van der Waals surface area contributed by atoms with Crippen LogP contribution in [0.5, 0.6) is 0 Å². The van der Waals surface area contributed by atoms with Crippen LogP contribution in [0.15, 0.2) is 32.6 Å². The van der Waals surface area contributed by atoms with Crippen LogP contribution in [0, 0.1) is 6.92 Å². The number of oxime groups is 1. The van der Waals surface area contributed by atoms with Crippen LogP contribution in [0.4, 0.5) is 0 Å². The zero-order valence-corrected chi connectivity index (χ0v) is 10.2. The van der Waals surface area contributed by atoms with Gasteiger partial charge in [-0.25, -0.2) is 14.6 Å². The summed E-state index contributed by atoms with van der Waals surface area (Å²) in [6, 6.07) is 5.04. The third-order valence-electron chi connectivity index (χ3n) is 2.45. The molecule has 0 spiro atoms. The van der Waals surface area contributed by atoms with Crippen molar-refractivity contribution in [3.8, 4) is 0 Å². The van der Waals surface area contributed by atoms with Crippen LogP contribution in [0.25, 0.3) is 11.1 Å². The summed E-state index contributed by atoms with van der Waals surface area (Å²) < 4.78 is 9.43. The van der Waals surface area contributed by atoms with Crippen LogP contribution < -0.4 is 5.63 Å². The first-order valence-electron chi connectivity index (χ1n) is 5.29. The van der Waals surface area contributed by atoms with Gasteiger partial charge >= 0.3 is 11.6 Å². The maximum absolute atomic E-state index is 11.7. The monoisotopic (exact) mass is 262 g/mol. The third kappa shape index (κ3) is 2.30. The number of hydrogen-bond donors (Lipinski definition) is 1. The van der Waals surface area contributed by atoms with Gasteiger partial charge in [0.15, 0.2) is 11.3 Å². The smallest absolute Gasteiger partial charge is 0.365 e. The summed E-state index contributed by atoms with van der Waals surface area (Å²) in [6.45, 7) is 1.84. The van der Waals surface area contributed by atoms with Crippen molar-refractivity contribution >= 4 is 22.8 Å². The lowest BCUT2D eigenvalue weighted by Crippen LogP contribution is -2.25. The molecule has 7 heteroatoms. The first-order chi connectivity index (χ1) is 9.06. The fourth-order valence-electron chi connectivity index (χ4n) is 1.54. The quantitative estimate of drug-likeness (QED) is 0.372. The standard InChI is InChI=1S/C12H10N2O5/c1-6-3-4-7-8(5-6)19-12(16)9(13-7)10(14-17)11(15)18-2/h3-5,17H,1-2H3. The van der Waals surface area contributed by atoms with Gasteiger partial charge < -0.3 is 14.4 Å². The molecule has 0 saturated heterocycles. The van der Waals surface area contributed by atoms with E-state index in [0.29, 0.717) is 5.52 Å². The average Bonchev–Trinajstić information content (AvgIpc) is 2.40. The number of benzene rings is 1. The van der Waals surface area contributed by atoms with Crippen molar-refractivity contribution in [3.05, 3.63) is 39.9 Å². The SMILES string of the molecule is COC(=O)C(=NO)c1nc2ccc(C)cc2oc1=O. The van der Waals surface area contributed by atoms with E-state index in [9.17, 15) is 9.59 Å². The molecule has 0 aliphatic heterocycles. The number of esters is 1. The Labute approximate surface area is 107 Å². The molecule has 1 aromatic heterocycles. The van der Waals surface area contributed by atoms with E-state index in [-0.39, 0.29) is 5.58 Å². The highest BCUT2D eigenvalue weighted by atomic mass is 16.5. The van der Waals surface area contributed by atoms with Gasteiger partial charge in [-0.3, -0.25) is 0 Å². The molecule has 0 radical (unpaired) electrons. The van der Waals surface area contributed by atoms with Gasteiger partial charge in [-0.15, -0.1) is 0 Å². The number of carbonyl (C=O) groups excluding carboxylic acids is 1. The average molecular weight is 262 g/mol. The van der Waals surface area contributed by atoms with Crippen molar-refractivity contribution in [2.45, 2.75) is 6.92 Å². The largest absolute Gasteiger partial charge is 0.464 e. The number of rotatable bonds is 2. The van der Waals surface area contributed by atoms with E-state index in [2.05, 4.69) is 14.9 Å². The van der Waals surface area contributed by atoms with Crippen molar-refractivity contribution in [1.82, 2.24) is 4.98 Å². The molecule has 0 saturated carbocycles. The van der Waals surface area contributed by atoms with E-state index >= 15 is 0 Å². The molecule has 98 valence electrons. The Kier molecular flexibility index (Phi) is 3.28. The maximum Gasteiger partial charge on any atom is 0.365 e. The van der Waals surface area contributed by atoms with E-state index in [4.69, 9.17) is 9.62 Å². The number of hydrogen-bond acceptors (Lipinski definition) is 7. The number of fused-ring (bicyclic) bond motifs is 1. The highest BCUT2D eigenvalue weighted by molar-refractivity contribution is 6.42. The van der Waals surface area contributed by atoms with Gasteiger partial charge in [0.2, 0.25) is 5.71 Å². The second-order valence-corrected chi connectivity index (χ2v) is 3.76. The number of methoxy groups -OCH3 is 1.